The molecule has 0 spiro atoms. The molecule has 0 heterocycles. The number of rotatable bonds is 81. The van der Waals surface area contributed by atoms with Crippen LogP contribution in [-0.4, -0.2) is 96.7 Å². The summed E-state index contributed by atoms with van der Waals surface area (Å²) >= 11 is 0. The Kier molecular flexibility index (Phi) is 72.5. The van der Waals surface area contributed by atoms with Crippen LogP contribution >= 0.6 is 15.6 Å². The maximum Gasteiger partial charge on any atom is 0.472 e. The molecule has 0 bridgehead atoms. The van der Waals surface area contributed by atoms with Crippen LogP contribution in [0.1, 0.15) is 433 Å². The molecule has 0 aromatic rings. The molecular formula is C81H158O17P2. The zero-order chi connectivity index (χ0) is 73.4. The summed E-state index contributed by atoms with van der Waals surface area (Å²) in [5.41, 5.74) is 0. The first-order valence-electron chi connectivity index (χ1n) is 42.2. The summed E-state index contributed by atoms with van der Waals surface area (Å²) in [4.78, 5) is 72.7. The second-order valence-electron chi connectivity index (χ2n) is 29.4. The summed E-state index contributed by atoms with van der Waals surface area (Å²) in [7, 11) is -9.91. The first-order chi connectivity index (χ1) is 48.6. The van der Waals surface area contributed by atoms with Gasteiger partial charge in [-0.1, -0.05) is 381 Å². The highest BCUT2D eigenvalue weighted by Gasteiger charge is 2.30. The standard InChI is InChI=1S/C81H158O17P2/c1-6-10-13-16-18-20-22-24-26-28-30-31-32-34-36-38-40-42-47-51-56-61-66-81(86)98-77(71-92-79(84)65-60-55-50-46-41-39-37-35-33-29-27-25-23-21-19-17-14-11-7-2)73-96-100(89,90)94-69-75(82)68-93-99(87,88)95-72-76(70-91-78(83)64-59-53-15-12-8-3)97-80(85)67-62-57-52-48-44-43-45-49-54-58-63-74(5)9-4/h74-77,82H,6-73H2,1-5H3,(H,87,88)(H,89,90)/t74?,75-,76+,77+/m0/s1. The van der Waals surface area contributed by atoms with E-state index in [0.29, 0.717) is 25.7 Å². The highest BCUT2D eigenvalue weighted by molar-refractivity contribution is 7.47. The topological polar surface area (TPSA) is 237 Å². The summed E-state index contributed by atoms with van der Waals surface area (Å²) in [6.07, 6.45) is 65.8. The number of hydrogen-bond acceptors (Lipinski definition) is 15. The first-order valence-corrected chi connectivity index (χ1v) is 45.2. The molecule has 0 aromatic heterocycles. The second kappa shape index (κ2) is 73.9. The molecule has 17 nitrogen and oxygen atoms in total. The van der Waals surface area contributed by atoms with Crippen molar-refractivity contribution in [2.45, 2.75) is 451 Å². The number of esters is 4. The fraction of sp³-hybridized carbons (Fsp3) is 0.951. The molecule has 0 aromatic carbocycles. The van der Waals surface area contributed by atoms with Gasteiger partial charge in [0.1, 0.15) is 19.3 Å². The van der Waals surface area contributed by atoms with Gasteiger partial charge in [-0.2, -0.15) is 0 Å². The van der Waals surface area contributed by atoms with E-state index in [9.17, 15) is 43.2 Å². The maximum absolute atomic E-state index is 13.1. The fourth-order valence-corrected chi connectivity index (χ4v) is 14.1. The SMILES string of the molecule is CCCCCCCCCCCCCCCCCCCCCCCCC(=O)O[C@H](COC(=O)CCCCCCCCCCCCCCCCCCCCC)COP(=O)(O)OC[C@@H](O)COP(=O)(O)OC[C@@H](COC(=O)CCCCCCC)OC(=O)CCCCCCCCCCCCC(C)CC. The van der Waals surface area contributed by atoms with Crippen LogP contribution in [0.5, 0.6) is 0 Å². The maximum atomic E-state index is 13.1. The molecule has 0 aliphatic carbocycles. The number of phosphoric acid groups is 2. The van der Waals surface area contributed by atoms with Gasteiger partial charge in [0.05, 0.1) is 26.4 Å². The van der Waals surface area contributed by atoms with E-state index < -0.39 is 97.5 Å². The van der Waals surface area contributed by atoms with E-state index in [1.807, 2.05) is 0 Å². The number of carbonyl (C=O) groups is 4. The summed E-state index contributed by atoms with van der Waals surface area (Å²) in [6.45, 7) is 7.25. The van der Waals surface area contributed by atoms with Gasteiger partial charge in [-0.25, -0.2) is 9.13 Å². The van der Waals surface area contributed by atoms with Crippen LogP contribution in [-0.2, 0) is 65.4 Å². The monoisotopic (exact) mass is 1470 g/mol. The Bertz CT molecular complexity index is 1910. The molecule has 0 aliphatic heterocycles. The Labute approximate surface area is 613 Å². The van der Waals surface area contributed by atoms with Crippen LogP contribution in [0.25, 0.3) is 0 Å². The van der Waals surface area contributed by atoms with E-state index in [4.69, 9.17) is 37.0 Å². The second-order valence-corrected chi connectivity index (χ2v) is 32.3. The van der Waals surface area contributed by atoms with E-state index in [1.165, 1.54) is 250 Å². The van der Waals surface area contributed by atoms with Crippen molar-refractivity contribution in [2.24, 2.45) is 5.92 Å². The van der Waals surface area contributed by atoms with Crippen LogP contribution in [0.2, 0.25) is 0 Å². The zero-order valence-corrected chi connectivity index (χ0v) is 67.1. The molecule has 0 saturated carbocycles. The summed E-state index contributed by atoms with van der Waals surface area (Å²) in [6, 6.07) is 0. The van der Waals surface area contributed by atoms with Gasteiger partial charge >= 0.3 is 39.5 Å². The minimum atomic E-state index is -4.96. The van der Waals surface area contributed by atoms with Crippen LogP contribution in [0.15, 0.2) is 0 Å². The van der Waals surface area contributed by atoms with Gasteiger partial charge in [0.25, 0.3) is 0 Å². The van der Waals surface area contributed by atoms with Gasteiger partial charge in [0.2, 0.25) is 0 Å². The third-order valence-corrected chi connectivity index (χ3v) is 21.3. The van der Waals surface area contributed by atoms with Crippen molar-refractivity contribution >= 4 is 39.5 Å². The van der Waals surface area contributed by atoms with E-state index in [2.05, 4.69) is 34.6 Å². The van der Waals surface area contributed by atoms with Gasteiger partial charge in [0, 0.05) is 25.7 Å². The van der Waals surface area contributed by atoms with Crippen molar-refractivity contribution in [3.8, 4) is 0 Å². The average molecular weight is 1470 g/mol. The predicted molar refractivity (Wildman–Crippen MR) is 409 cm³/mol. The van der Waals surface area contributed by atoms with Gasteiger partial charge in [-0.3, -0.25) is 37.3 Å². The molecule has 3 unspecified atom stereocenters. The van der Waals surface area contributed by atoms with Gasteiger partial charge in [-0.05, 0) is 31.6 Å². The van der Waals surface area contributed by atoms with E-state index >= 15 is 0 Å². The van der Waals surface area contributed by atoms with Crippen molar-refractivity contribution in [3.63, 3.8) is 0 Å². The number of unbranched alkanes of at least 4 members (excludes halogenated alkanes) is 52. The van der Waals surface area contributed by atoms with Crippen molar-refractivity contribution in [2.75, 3.05) is 39.6 Å². The lowest BCUT2D eigenvalue weighted by Gasteiger charge is -2.21. The molecule has 100 heavy (non-hydrogen) atoms. The molecule has 19 heteroatoms. The molecule has 594 valence electrons. The Balaban J connectivity index is 5.11. The Morgan fingerprint density at radius 1 is 0.280 bits per heavy atom. The highest BCUT2D eigenvalue weighted by Crippen LogP contribution is 2.45. The molecule has 0 radical (unpaired) electrons. The van der Waals surface area contributed by atoms with Crippen molar-refractivity contribution in [3.05, 3.63) is 0 Å². The fourth-order valence-electron chi connectivity index (χ4n) is 12.6. The van der Waals surface area contributed by atoms with Crippen LogP contribution in [0.3, 0.4) is 0 Å². The van der Waals surface area contributed by atoms with Crippen LogP contribution in [0.4, 0.5) is 0 Å². The number of ether oxygens (including phenoxy) is 4. The molecule has 0 rings (SSSR count). The Morgan fingerprint density at radius 3 is 0.710 bits per heavy atom. The van der Waals surface area contributed by atoms with Crippen LogP contribution in [0, 0.1) is 5.92 Å². The zero-order valence-electron chi connectivity index (χ0n) is 65.3. The lowest BCUT2D eigenvalue weighted by atomic mass is 9.99. The smallest absolute Gasteiger partial charge is 0.462 e. The van der Waals surface area contributed by atoms with Gasteiger partial charge in [0.15, 0.2) is 12.2 Å². The van der Waals surface area contributed by atoms with Crippen molar-refractivity contribution < 1.29 is 80.2 Å². The minimum Gasteiger partial charge on any atom is -0.462 e. The molecule has 3 N–H and O–H groups in total. The summed E-state index contributed by atoms with van der Waals surface area (Å²) in [5, 5.41) is 10.6. The number of aliphatic hydroxyl groups is 1. The molecule has 0 amide bonds. The Hall–Kier alpha value is -1.94. The minimum absolute atomic E-state index is 0.106. The van der Waals surface area contributed by atoms with Crippen molar-refractivity contribution in [1.82, 2.24) is 0 Å². The van der Waals surface area contributed by atoms with Gasteiger partial charge < -0.3 is 33.8 Å². The quantitative estimate of drug-likeness (QED) is 0.0222. The summed E-state index contributed by atoms with van der Waals surface area (Å²) < 4.78 is 68.5. The van der Waals surface area contributed by atoms with Crippen molar-refractivity contribution in [1.29, 1.82) is 0 Å². The van der Waals surface area contributed by atoms with Crippen LogP contribution < -0.4 is 0 Å². The number of phosphoric ester groups is 2. The number of carbonyl (C=O) groups excluding carboxylic acids is 4. The van der Waals surface area contributed by atoms with E-state index in [1.54, 1.807) is 0 Å². The molecule has 0 fully saturated rings. The lowest BCUT2D eigenvalue weighted by Crippen LogP contribution is -2.30. The number of hydrogen-bond donors (Lipinski definition) is 3. The molecule has 0 aliphatic rings. The van der Waals surface area contributed by atoms with E-state index in [0.717, 1.165) is 102 Å². The lowest BCUT2D eigenvalue weighted by molar-refractivity contribution is -0.161. The largest absolute Gasteiger partial charge is 0.472 e. The third-order valence-electron chi connectivity index (χ3n) is 19.4. The third kappa shape index (κ3) is 73.0. The number of aliphatic hydroxyl groups excluding tert-OH is 1. The molecule has 6 atom stereocenters. The van der Waals surface area contributed by atoms with E-state index in [-0.39, 0.29) is 25.7 Å². The normalized spacial score (nSPS) is 14.1. The average Bonchev–Trinajstić information content (AvgIpc) is 0.942. The van der Waals surface area contributed by atoms with Gasteiger partial charge in [-0.15, -0.1) is 0 Å². The first kappa shape index (κ1) is 98.1. The highest BCUT2D eigenvalue weighted by atomic mass is 31.2. The Morgan fingerprint density at radius 2 is 0.480 bits per heavy atom. The molecule has 0 saturated heterocycles. The molecular weight excluding hydrogens is 1310 g/mol. The predicted octanol–water partition coefficient (Wildman–Crippen LogP) is 24.4. The summed E-state index contributed by atoms with van der Waals surface area (Å²) in [5.74, 6) is -1.32.